The number of aliphatic imine (C=N–C) groups is 1. The smallest absolute Gasteiger partial charge is 0.191 e. The molecule has 0 bridgehead atoms. The molecule has 0 radical (unpaired) electrons. The van der Waals surface area contributed by atoms with Crippen LogP contribution in [0.2, 0.25) is 0 Å². The Morgan fingerprint density at radius 1 is 1.11 bits per heavy atom. The van der Waals surface area contributed by atoms with E-state index >= 15 is 0 Å². The third kappa shape index (κ3) is 11.6. The van der Waals surface area contributed by atoms with Crippen molar-refractivity contribution in [2.24, 2.45) is 4.99 Å². The second-order valence-corrected chi connectivity index (χ2v) is 8.84. The highest BCUT2D eigenvalue weighted by Gasteiger charge is 2.07. The van der Waals surface area contributed by atoms with Crippen molar-refractivity contribution in [3.05, 3.63) is 29.8 Å². The van der Waals surface area contributed by atoms with E-state index in [1.807, 2.05) is 12.1 Å². The van der Waals surface area contributed by atoms with Crippen LogP contribution >= 0.6 is 24.0 Å². The van der Waals surface area contributed by atoms with Crippen LogP contribution in [0, 0.1) is 0 Å². The van der Waals surface area contributed by atoms with Crippen LogP contribution < -0.4 is 10.6 Å². The molecular weight excluding hydrogens is 473 g/mol. The molecule has 5 nitrogen and oxygen atoms in total. The Morgan fingerprint density at radius 2 is 1.78 bits per heavy atom. The van der Waals surface area contributed by atoms with Gasteiger partial charge in [-0.15, -0.1) is 24.0 Å². The van der Waals surface area contributed by atoms with Gasteiger partial charge in [-0.05, 0) is 44.4 Å². The van der Waals surface area contributed by atoms with Crippen molar-refractivity contribution in [3.8, 4) is 0 Å². The van der Waals surface area contributed by atoms with Gasteiger partial charge in [-0.25, -0.2) is 8.42 Å². The zero-order valence-corrected chi connectivity index (χ0v) is 20.3. The van der Waals surface area contributed by atoms with Crippen LogP contribution in [0.15, 0.2) is 34.2 Å². The predicted octanol–water partition coefficient (Wildman–Crippen LogP) is 4.16. The molecule has 1 rings (SSSR count). The molecule has 0 saturated heterocycles. The maximum absolute atomic E-state index is 11.5. The van der Waals surface area contributed by atoms with E-state index in [9.17, 15) is 8.42 Å². The van der Waals surface area contributed by atoms with Crippen molar-refractivity contribution < 1.29 is 8.42 Å². The molecule has 0 heterocycles. The van der Waals surface area contributed by atoms with E-state index in [1.165, 1.54) is 31.9 Å². The van der Waals surface area contributed by atoms with Gasteiger partial charge in [-0.3, -0.25) is 4.99 Å². The van der Waals surface area contributed by atoms with Crippen LogP contribution in [0.3, 0.4) is 0 Å². The van der Waals surface area contributed by atoms with E-state index in [1.54, 1.807) is 12.1 Å². The Kier molecular flexibility index (Phi) is 13.8. The molecule has 1 aromatic rings. The lowest BCUT2D eigenvalue weighted by molar-refractivity contribution is 0.537. The normalized spacial score (nSPS) is 13.0. The highest BCUT2D eigenvalue weighted by molar-refractivity contribution is 14.0. The van der Waals surface area contributed by atoms with E-state index in [4.69, 9.17) is 0 Å². The van der Waals surface area contributed by atoms with Gasteiger partial charge < -0.3 is 10.6 Å². The van der Waals surface area contributed by atoms with E-state index in [2.05, 4.69) is 36.4 Å². The number of benzene rings is 1. The maximum Gasteiger partial charge on any atom is 0.191 e. The summed E-state index contributed by atoms with van der Waals surface area (Å²) < 4.78 is 23.0. The first-order chi connectivity index (χ1) is 12.4. The standard InChI is InChI=1S/C20H35N3O2S.HI/c1-5-7-8-9-10-17(3)23-20(21-6-2)22-16-15-18-11-13-19(14-12-18)26(4,24)25;/h11-14,17H,5-10,15-16H2,1-4H3,(H2,21,22,23);1H. The second kappa shape index (κ2) is 14.2. The summed E-state index contributed by atoms with van der Waals surface area (Å²) in [6.07, 6.45) is 8.26. The summed E-state index contributed by atoms with van der Waals surface area (Å²) in [7, 11) is -3.13. The SMILES string of the molecule is CCCCCCC(C)NC(=NCCc1ccc(S(C)(=O)=O)cc1)NCC.I. The second-order valence-electron chi connectivity index (χ2n) is 6.82. The largest absolute Gasteiger partial charge is 0.357 e. The molecule has 1 aromatic carbocycles. The maximum atomic E-state index is 11.5. The monoisotopic (exact) mass is 509 g/mol. The van der Waals surface area contributed by atoms with E-state index in [-0.39, 0.29) is 24.0 Å². The van der Waals surface area contributed by atoms with Gasteiger partial charge in [-0.2, -0.15) is 0 Å². The van der Waals surface area contributed by atoms with Crippen molar-refractivity contribution in [1.82, 2.24) is 10.6 Å². The number of sulfone groups is 1. The molecular formula is C20H36IN3O2S. The van der Waals surface area contributed by atoms with Gasteiger partial charge in [0.05, 0.1) is 4.90 Å². The molecule has 1 atom stereocenters. The van der Waals surface area contributed by atoms with Crippen molar-refractivity contribution in [3.63, 3.8) is 0 Å². The van der Waals surface area contributed by atoms with Gasteiger partial charge in [0.25, 0.3) is 0 Å². The number of hydrogen-bond acceptors (Lipinski definition) is 3. The molecule has 0 amide bonds. The van der Waals surface area contributed by atoms with Gasteiger partial charge >= 0.3 is 0 Å². The first kappa shape index (κ1) is 26.2. The minimum atomic E-state index is -3.13. The Bertz CT molecular complexity index is 646. The fourth-order valence-corrected chi connectivity index (χ4v) is 3.33. The predicted molar refractivity (Wildman–Crippen MR) is 126 cm³/mol. The molecule has 0 aliphatic rings. The number of unbranched alkanes of at least 4 members (excludes halogenated alkanes) is 3. The molecule has 1 unspecified atom stereocenters. The average Bonchev–Trinajstić information content (AvgIpc) is 2.58. The lowest BCUT2D eigenvalue weighted by Gasteiger charge is -2.17. The van der Waals surface area contributed by atoms with Crippen molar-refractivity contribution in [1.29, 1.82) is 0 Å². The molecule has 2 N–H and O–H groups in total. The van der Waals surface area contributed by atoms with Crippen LogP contribution in [0.25, 0.3) is 0 Å². The number of halogens is 1. The Balaban J connectivity index is 0.00000676. The van der Waals surface area contributed by atoms with E-state index in [0.29, 0.717) is 17.5 Å². The summed E-state index contributed by atoms with van der Waals surface area (Å²) >= 11 is 0. The van der Waals surface area contributed by atoms with Crippen molar-refractivity contribution >= 4 is 39.8 Å². The third-order valence-corrected chi connectivity index (χ3v) is 5.37. The van der Waals surface area contributed by atoms with Crippen LogP contribution in [0.4, 0.5) is 0 Å². The summed E-state index contributed by atoms with van der Waals surface area (Å²) in [5, 5.41) is 6.76. The average molecular weight is 509 g/mol. The number of nitrogens with zero attached hydrogens (tertiary/aromatic N) is 1. The summed E-state index contributed by atoms with van der Waals surface area (Å²) in [5.74, 6) is 0.850. The van der Waals surface area contributed by atoms with Crippen LogP contribution in [-0.2, 0) is 16.3 Å². The van der Waals surface area contributed by atoms with Crippen molar-refractivity contribution in [2.45, 2.75) is 70.2 Å². The zero-order valence-electron chi connectivity index (χ0n) is 17.1. The number of rotatable bonds is 11. The molecule has 0 aliphatic carbocycles. The van der Waals surface area contributed by atoms with E-state index < -0.39 is 9.84 Å². The van der Waals surface area contributed by atoms with Crippen molar-refractivity contribution in [2.75, 3.05) is 19.3 Å². The van der Waals surface area contributed by atoms with Gasteiger partial charge in [-0.1, -0.05) is 44.7 Å². The molecule has 27 heavy (non-hydrogen) atoms. The fraction of sp³-hybridized carbons (Fsp3) is 0.650. The molecule has 0 spiro atoms. The lowest BCUT2D eigenvalue weighted by atomic mass is 10.1. The zero-order chi connectivity index (χ0) is 19.4. The fourth-order valence-electron chi connectivity index (χ4n) is 2.70. The van der Waals surface area contributed by atoms with Gasteiger partial charge in [0.2, 0.25) is 0 Å². The molecule has 0 aliphatic heterocycles. The minimum Gasteiger partial charge on any atom is -0.357 e. The van der Waals surface area contributed by atoms with Gasteiger partial charge in [0, 0.05) is 25.4 Å². The summed E-state index contributed by atoms with van der Waals surface area (Å²) in [4.78, 5) is 5.00. The first-order valence-corrected chi connectivity index (χ1v) is 11.6. The van der Waals surface area contributed by atoms with Gasteiger partial charge in [0.15, 0.2) is 15.8 Å². The van der Waals surface area contributed by atoms with Crippen LogP contribution in [-0.4, -0.2) is 39.8 Å². The van der Waals surface area contributed by atoms with Crippen LogP contribution in [0.1, 0.15) is 58.4 Å². The number of nitrogens with one attached hydrogen (secondary N) is 2. The summed E-state index contributed by atoms with van der Waals surface area (Å²) in [6, 6.07) is 7.45. The molecule has 0 saturated carbocycles. The highest BCUT2D eigenvalue weighted by Crippen LogP contribution is 2.11. The van der Waals surface area contributed by atoms with Gasteiger partial charge in [0.1, 0.15) is 0 Å². The minimum absolute atomic E-state index is 0. The third-order valence-electron chi connectivity index (χ3n) is 4.24. The Morgan fingerprint density at radius 3 is 2.33 bits per heavy atom. The summed E-state index contributed by atoms with van der Waals surface area (Å²) in [5.41, 5.74) is 1.09. The first-order valence-electron chi connectivity index (χ1n) is 9.70. The number of guanidine groups is 1. The summed E-state index contributed by atoms with van der Waals surface area (Å²) in [6.45, 7) is 7.98. The topological polar surface area (TPSA) is 70.6 Å². The Hall–Kier alpha value is -0.830. The molecule has 0 aromatic heterocycles. The van der Waals surface area contributed by atoms with Crippen LogP contribution in [0.5, 0.6) is 0 Å². The lowest BCUT2D eigenvalue weighted by Crippen LogP contribution is -2.42. The quantitative estimate of drug-likeness (QED) is 0.203. The molecule has 7 heteroatoms. The highest BCUT2D eigenvalue weighted by atomic mass is 127. The molecule has 156 valence electrons. The van der Waals surface area contributed by atoms with E-state index in [0.717, 1.165) is 30.9 Å². The Labute approximate surface area is 182 Å². The molecule has 0 fully saturated rings. The number of hydrogen-bond donors (Lipinski definition) is 2.